The van der Waals surface area contributed by atoms with Crippen LogP contribution in [0.3, 0.4) is 0 Å². The van der Waals surface area contributed by atoms with Gasteiger partial charge in [0.1, 0.15) is 42.1 Å². The molecule has 5 rings (SSSR count). The lowest BCUT2D eigenvalue weighted by Crippen LogP contribution is -2.64. The quantitative estimate of drug-likeness (QED) is 0.162. The molecule has 0 aromatic heterocycles. The minimum atomic E-state index is -2.57. The molecule has 3 aliphatic heterocycles. The molecule has 0 radical (unpaired) electrons. The topological polar surface area (TPSA) is 164 Å². The number of nitrogens with two attached hydrogens (primary N) is 1. The van der Waals surface area contributed by atoms with Gasteiger partial charge in [0.15, 0.2) is 0 Å². The Morgan fingerprint density at radius 2 is 1.61 bits per heavy atom. The van der Waals surface area contributed by atoms with Crippen LogP contribution in [0.4, 0.5) is 4.39 Å². The largest absolute Gasteiger partial charge is 0.489 e. The Bertz CT molecular complexity index is 1770. The Morgan fingerprint density at radius 3 is 2.27 bits per heavy atom. The summed E-state index contributed by atoms with van der Waals surface area (Å²) in [4.78, 5) is 58.1. The summed E-state index contributed by atoms with van der Waals surface area (Å²) in [5.74, 6) is -6.99. The molecule has 14 unspecified atom stereocenters. The van der Waals surface area contributed by atoms with Crippen LogP contribution in [-0.4, -0.2) is 109 Å². The molecule has 0 spiro atoms. The number of aliphatic hydroxyl groups is 1. The van der Waals surface area contributed by atoms with Crippen molar-refractivity contribution in [3.63, 3.8) is 0 Å². The molecule has 2 bridgehead atoms. The summed E-state index contributed by atoms with van der Waals surface area (Å²) in [7, 11) is 2.93. The van der Waals surface area contributed by atoms with E-state index >= 15 is 4.39 Å². The molecule has 1 amide bonds. The zero-order valence-electron chi connectivity index (χ0n) is 38.5. The number of methoxy groups -OCH3 is 2. The molecule has 62 heavy (non-hydrogen) atoms. The van der Waals surface area contributed by atoms with Crippen molar-refractivity contribution in [1.29, 1.82) is 0 Å². The monoisotopic (exact) mass is 869 g/mol. The van der Waals surface area contributed by atoms with Crippen molar-refractivity contribution in [1.82, 2.24) is 4.90 Å². The maximum Gasteiger partial charge on any atom is 0.329 e. The first-order valence-corrected chi connectivity index (χ1v) is 23.0. The van der Waals surface area contributed by atoms with Gasteiger partial charge >= 0.3 is 5.97 Å². The van der Waals surface area contributed by atoms with Crippen LogP contribution < -0.4 is 10.5 Å². The molecule has 1 saturated carbocycles. The fourth-order valence-electron chi connectivity index (χ4n) is 10.0. The number of ether oxygens (including phenoxy) is 5. The highest BCUT2D eigenvalue weighted by Gasteiger charge is 2.56. The van der Waals surface area contributed by atoms with E-state index in [0.29, 0.717) is 37.7 Å². The Hall–Kier alpha value is -3.49. The molecule has 3 heterocycles. The van der Waals surface area contributed by atoms with Gasteiger partial charge in [-0.15, -0.1) is 0 Å². The SMILES string of the molecule is CCC1C=C(C)C(F)C(C)CC(OC)C2OC(O)(C(=O)C(=O)N3CCCCC3C(=O)OC(C(C)=CC3CCC(N)C(Oc4ccc(C)cc4)C3)C(C)CCC1=O)C(C)CC2OC. The number of ketones is 2. The molecule has 1 aromatic carbocycles. The van der Waals surface area contributed by atoms with Gasteiger partial charge in [-0.05, 0) is 126 Å². The summed E-state index contributed by atoms with van der Waals surface area (Å²) >= 11 is 0. The van der Waals surface area contributed by atoms with Crippen LogP contribution >= 0.6 is 0 Å². The maximum absolute atomic E-state index is 16.3. The first kappa shape index (κ1) is 49.5. The lowest BCUT2D eigenvalue weighted by molar-refractivity contribution is -0.302. The molecule has 1 aromatic rings. The normalized spacial score (nSPS) is 37.7. The second kappa shape index (κ2) is 21.9. The number of hydrogen-bond donors (Lipinski definition) is 2. The summed E-state index contributed by atoms with van der Waals surface area (Å²) in [6, 6.07) is 6.65. The number of allylic oxidation sites excluding steroid dienone is 3. The van der Waals surface area contributed by atoms with Crippen LogP contribution in [0.5, 0.6) is 5.75 Å². The van der Waals surface area contributed by atoms with Crippen LogP contribution in [0.25, 0.3) is 0 Å². The van der Waals surface area contributed by atoms with Crippen LogP contribution in [0.1, 0.15) is 118 Å². The van der Waals surface area contributed by atoms with Crippen LogP contribution in [0, 0.1) is 36.5 Å². The number of carbonyl (C=O) groups excluding carboxylic acids is 4. The van der Waals surface area contributed by atoms with Crippen molar-refractivity contribution in [2.75, 3.05) is 20.8 Å². The molecule has 14 atom stereocenters. The number of rotatable bonds is 7. The molecule has 4 aliphatic rings. The number of alkyl halides is 1. The highest BCUT2D eigenvalue weighted by molar-refractivity contribution is 6.39. The molecule has 346 valence electrons. The number of aryl methyl sites for hydroxylation is 1. The van der Waals surface area contributed by atoms with Gasteiger partial charge in [0.2, 0.25) is 5.79 Å². The lowest BCUT2D eigenvalue weighted by atomic mass is 9.81. The summed E-state index contributed by atoms with van der Waals surface area (Å²) < 4.78 is 46.9. The average molecular weight is 869 g/mol. The van der Waals surface area contributed by atoms with Gasteiger partial charge in [-0.25, -0.2) is 9.18 Å². The molecule has 3 fully saturated rings. The highest BCUT2D eigenvalue weighted by atomic mass is 19.1. The van der Waals surface area contributed by atoms with Crippen LogP contribution in [-0.2, 0) is 38.1 Å². The number of nitrogens with zero attached hydrogens (tertiary/aromatic N) is 1. The predicted octanol–water partition coefficient (Wildman–Crippen LogP) is 7.16. The van der Waals surface area contributed by atoms with E-state index in [-0.39, 0.29) is 62.0 Å². The molecule has 1 aliphatic carbocycles. The van der Waals surface area contributed by atoms with E-state index < -0.39 is 77.8 Å². The molecular formula is C49H73FN2O10. The summed E-state index contributed by atoms with van der Waals surface area (Å²) in [6.07, 6.45) is 3.89. The first-order chi connectivity index (χ1) is 29.4. The molecule has 12 nitrogen and oxygen atoms in total. The zero-order chi connectivity index (χ0) is 45.5. The summed E-state index contributed by atoms with van der Waals surface area (Å²) in [5, 5.41) is 12.1. The van der Waals surface area contributed by atoms with E-state index in [1.54, 1.807) is 26.8 Å². The smallest absolute Gasteiger partial charge is 0.329 e. The van der Waals surface area contributed by atoms with Gasteiger partial charge in [0.25, 0.3) is 11.7 Å². The third-order valence-electron chi connectivity index (χ3n) is 14.1. The third kappa shape index (κ3) is 11.6. The van der Waals surface area contributed by atoms with Gasteiger partial charge in [-0.1, -0.05) is 57.5 Å². The Kier molecular flexibility index (Phi) is 17.5. The summed E-state index contributed by atoms with van der Waals surface area (Å²) in [5.41, 5.74) is 8.92. The Balaban J connectivity index is 1.49. The van der Waals surface area contributed by atoms with E-state index in [1.165, 1.54) is 19.1 Å². The standard InChI is InChI=1S/C49H73FN2O10/c1-10-35-24-30(4)43(50)31(5)25-41(58-8)45-42(59-9)26-33(7)49(57,62-45)46(54)47(55)52-22-12-11-13-38(52)48(56)61-44(29(3)16-21-39(35)53)32(6)23-34-17-20-37(51)40(27-34)60-36-18-14-28(2)15-19-36/h14-15,18-19,23-24,29,31,33-35,37-38,40-45,57H,10-13,16-17,20-22,25-27,51H2,1-9H3. The Morgan fingerprint density at radius 1 is 0.935 bits per heavy atom. The number of halogens is 1. The number of esters is 1. The van der Waals surface area contributed by atoms with E-state index in [0.717, 1.165) is 29.7 Å². The second-order valence-electron chi connectivity index (χ2n) is 18.8. The minimum Gasteiger partial charge on any atom is -0.489 e. The van der Waals surface area contributed by atoms with E-state index in [4.69, 9.17) is 29.4 Å². The minimum absolute atomic E-state index is 0.0298. The Labute approximate surface area is 368 Å². The number of carbonyl (C=O) groups is 4. The third-order valence-corrected chi connectivity index (χ3v) is 14.1. The van der Waals surface area contributed by atoms with Gasteiger partial charge in [0.05, 0.1) is 12.2 Å². The molecular weight excluding hydrogens is 796 g/mol. The van der Waals surface area contributed by atoms with Gasteiger partial charge in [0, 0.05) is 45.1 Å². The average Bonchev–Trinajstić information content (AvgIpc) is 3.26. The number of fused-ring (bicyclic) bond motifs is 3. The lowest BCUT2D eigenvalue weighted by Gasteiger charge is -2.47. The number of cyclic esters (lactones) is 1. The highest BCUT2D eigenvalue weighted by Crippen LogP contribution is 2.39. The van der Waals surface area contributed by atoms with E-state index in [9.17, 15) is 24.3 Å². The molecule has 13 heteroatoms. The van der Waals surface area contributed by atoms with Crippen LogP contribution in [0.15, 0.2) is 47.6 Å². The van der Waals surface area contributed by atoms with E-state index in [2.05, 4.69) is 6.08 Å². The van der Waals surface area contributed by atoms with Gasteiger partial charge in [-0.2, -0.15) is 0 Å². The number of hydrogen-bond acceptors (Lipinski definition) is 11. The van der Waals surface area contributed by atoms with Gasteiger partial charge < -0.3 is 39.4 Å². The van der Waals surface area contributed by atoms with Crippen LogP contribution in [0.2, 0.25) is 0 Å². The fraction of sp³-hybridized carbons (Fsp3) is 0.714. The van der Waals surface area contributed by atoms with Crippen molar-refractivity contribution < 1.29 is 52.4 Å². The van der Waals surface area contributed by atoms with Crippen molar-refractivity contribution >= 4 is 23.4 Å². The number of Topliss-reactive ketones (excluding diaryl/α,β-unsaturated/α-hetero) is 2. The van der Waals surface area contributed by atoms with Gasteiger partial charge in [-0.3, -0.25) is 14.4 Å². The number of amides is 1. The number of benzene rings is 1. The maximum atomic E-state index is 16.3. The molecule has 3 N–H and O–H groups in total. The van der Waals surface area contributed by atoms with Crippen molar-refractivity contribution in [2.45, 2.75) is 174 Å². The van der Waals surface area contributed by atoms with E-state index in [1.807, 2.05) is 52.0 Å². The van der Waals surface area contributed by atoms with Crippen molar-refractivity contribution in [3.8, 4) is 5.75 Å². The second-order valence-corrected chi connectivity index (χ2v) is 18.8. The zero-order valence-corrected chi connectivity index (χ0v) is 38.5. The van der Waals surface area contributed by atoms with Crippen molar-refractivity contribution in [3.05, 3.63) is 53.1 Å². The number of piperidine rings is 1. The summed E-state index contributed by atoms with van der Waals surface area (Å²) in [6.45, 7) is 12.9. The molecule has 2 saturated heterocycles. The predicted molar refractivity (Wildman–Crippen MR) is 234 cm³/mol. The first-order valence-electron chi connectivity index (χ1n) is 23.0. The van der Waals surface area contributed by atoms with Crippen molar-refractivity contribution in [2.24, 2.45) is 35.3 Å². The fourth-order valence-corrected chi connectivity index (χ4v) is 10.0.